The molecular weight excluding hydrogens is 522 g/mol. The zero-order valence-electron chi connectivity index (χ0n) is 22.7. The fourth-order valence-electron chi connectivity index (χ4n) is 4.72. The van der Waals surface area contributed by atoms with Crippen molar-refractivity contribution in [3.05, 3.63) is 108 Å². The number of nitrogens with zero attached hydrogens (tertiary/aromatic N) is 3. The summed E-state index contributed by atoms with van der Waals surface area (Å²) in [5.74, 6) is 0.943. The van der Waals surface area contributed by atoms with Crippen molar-refractivity contribution in [2.75, 3.05) is 6.54 Å². The number of urea groups is 1. The Labute approximate surface area is 234 Å². The predicted octanol–water partition coefficient (Wildman–Crippen LogP) is 5.50. The average Bonchev–Trinajstić information content (AvgIpc) is 3.32. The number of amides is 2. The van der Waals surface area contributed by atoms with E-state index in [4.69, 9.17) is 9.97 Å². The lowest BCUT2D eigenvalue weighted by atomic mass is 10.1. The third-order valence-corrected chi connectivity index (χ3v) is 8.06. The van der Waals surface area contributed by atoms with Gasteiger partial charge in [0, 0.05) is 24.3 Å². The topological polar surface area (TPSA) is 106 Å². The van der Waals surface area contributed by atoms with Crippen LogP contribution in [0.1, 0.15) is 29.6 Å². The minimum absolute atomic E-state index is 0.0243. The molecule has 5 aromatic rings. The molecule has 0 fully saturated rings. The summed E-state index contributed by atoms with van der Waals surface area (Å²) >= 11 is 0. The normalized spacial score (nSPS) is 11.5. The van der Waals surface area contributed by atoms with Crippen molar-refractivity contribution in [2.45, 2.75) is 38.5 Å². The Hall–Kier alpha value is -4.50. The summed E-state index contributed by atoms with van der Waals surface area (Å²) in [6, 6.07) is 25.4. The van der Waals surface area contributed by atoms with Gasteiger partial charge in [-0.25, -0.2) is 27.9 Å². The highest BCUT2D eigenvalue weighted by atomic mass is 32.2. The lowest BCUT2D eigenvalue weighted by molar-refractivity contribution is 0.246. The maximum atomic E-state index is 12.7. The minimum Gasteiger partial charge on any atom is -0.337 e. The van der Waals surface area contributed by atoms with Gasteiger partial charge in [-0.3, -0.25) is 4.57 Å². The van der Waals surface area contributed by atoms with Gasteiger partial charge in [-0.05, 0) is 72.9 Å². The van der Waals surface area contributed by atoms with E-state index in [9.17, 15) is 13.2 Å². The number of carbonyl (C=O) groups excluding carboxylic acids is 1. The second kappa shape index (κ2) is 11.3. The SMILES string of the molecule is CCc1nc2c(C)cc(C)nc2n1-c1ccc(CCNC(=O)NS(=O)(=O)c2ccc(-c3ccccc3)cc2)cc1. The highest BCUT2D eigenvalue weighted by Crippen LogP contribution is 2.24. The monoisotopic (exact) mass is 553 g/mol. The molecule has 8 nitrogen and oxygen atoms in total. The van der Waals surface area contributed by atoms with Gasteiger partial charge in [0.15, 0.2) is 5.65 Å². The van der Waals surface area contributed by atoms with Crippen molar-refractivity contribution in [3.63, 3.8) is 0 Å². The van der Waals surface area contributed by atoms with Crippen LogP contribution in [0.5, 0.6) is 0 Å². The zero-order chi connectivity index (χ0) is 28.3. The Morgan fingerprint density at radius 1 is 0.875 bits per heavy atom. The standard InChI is InChI=1S/C31H31N5O3S/c1-4-28-34-29-21(2)20-22(3)33-30(29)36(28)26-14-10-23(11-15-26)18-19-32-31(37)35-40(38,39)27-16-12-25(13-17-27)24-8-6-5-7-9-24/h5-17,20H,4,18-19H2,1-3H3,(H2,32,35,37). The first-order valence-electron chi connectivity index (χ1n) is 13.2. The largest absolute Gasteiger partial charge is 0.337 e. The van der Waals surface area contributed by atoms with E-state index in [1.165, 1.54) is 12.1 Å². The van der Waals surface area contributed by atoms with Crippen LogP contribution >= 0.6 is 0 Å². The Morgan fingerprint density at radius 2 is 1.55 bits per heavy atom. The summed E-state index contributed by atoms with van der Waals surface area (Å²) in [6.45, 7) is 6.38. The second-order valence-corrected chi connectivity index (χ2v) is 11.3. The second-order valence-electron chi connectivity index (χ2n) is 9.64. The van der Waals surface area contributed by atoms with Crippen molar-refractivity contribution >= 4 is 27.2 Å². The number of aromatic nitrogens is 3. The average molecular weight is 554 g/mol. The quantitative estimate of drug-likeness (QED) is 0.264. The molecular formula is C31H31N5O3S. The molecule has 40 heavy (non-hydrogen) atoms. The third kappa shape index (κ3) is 5.74. The van der Waals surface area contributed by atoms with Crippen molar-refractivity contribution in [1.82, 2.24) is 24.6 Å². The summed E-state index contributed by atoms with van der Waals surface area (Å²) < 4.78 is 29.5. The lowest BCUT2D eigenvalue weighted by Gasteiger charge is -2.11. The summed E-state index contributed by atoms with van der Waals surface area (Å²) in [5.41, 5.74) is 7.64. The Bertz CT molecular complexity index is 1760. The van der Waals surface area contributed by atoms with E-state index in [2.05, 4.69) is 21.5 Å². The van der Waals surface area contributed by atoms with Crippen LogP contribution in [-0.2, 0) is 22.9 Å². The number of sulfonamides is 1. The van der Waals surface area contributed by atoms with E-state index in [1.807, 2.05) is 74.5 Å². The lowest BCUT2D eigenvalue weighted by Crippen LogP contribution is -2.40. The Balaban J connectivity index is 1.19. The van der Waals surface area contributed by atoms with Gasteiger partial charge in [-0.1, -0.05) is 61.5 Å². The molecule has 2 aromatic heterocycles. The summed E-state index contributed by atoms with van der Waals surface area (Å²) in [4.78, 5) is 21.9. The van der Waals surface area contributed by atoms with Gasteiger partial charge < -0.3 is 5.32 Å². The van der Waals surface area contributed by atoms with Crippen molar-refractivity contribution in [1.29, 1.82) is 0 Å². The summed E-state index contributed by atoms with van der Waals surface area (Å²) in [5, 5.41) is 2.64. The van der Waals surface area contributed by atoms with Crippen molar-refractivity contribution in [3.8, 4) is 16.8 Å². The molecule has 204 valence electrons. The molecule has 2 heterocycles. The van der Waals surface area contributed by atoms with Crippen LogP contribution in [0.4, 0.5) is 4.79 Å². The van der Waals surface area contributed by atoms with Gasteiger partial charge in [0.05, 0.1) is 4.90 Å². The van der Waals surface area contributed by atoms with E-state index in [0.29, 0.717) is 6.42 Å². The van der Waals surface area contributed by atoms with Crippen LogP contribution in [0.3, 0.4) is 0 Å². The molecule has 2 N–H and O–H groups in total. The first-order chi connectivity index (χ1) is 19.2. The molecule has 0 aliphatic carbocycles. The van der Waals surface area contributed by atoms with E-state index in [0.717, 1.165) is 57.0 Å². The first-order valence-corrected chi connectivity index (χ1v) is 14.6. The predicted molar refractivity (Wildman–Crippen MR) is 157 cm³/mol. The van der Waals surface area contributed by atoms with Crippen molar-refractivity contribution < 1.29 is 13.2 Å². The fraction of sp³-hybridized carbons (Fsp3) is 0.194. The molecule has 0 aliphatic rings. The number of aryl methyl sites for hydroxylation is 3. The van der Waals surface area contributed by atoms with Crippen molar-refractivity contribution in [2.24, 2.45) is 0 Å². The maximum Gasteiger partial charge on any atom is 0.328 e. The third-order valence-electron chi connectivity index (χ3n) is 6.71. The molecule has 3 aromatic carbocycles. The molecule has 0 spiro atoms. The van der Waals surface area contributed by atoms with Gasteiger partial charge >= 0.3 is 6.03 Å². The van der Waals surface area contributed by atoms with Gasteiger partial charge in [0.1, 0.15) is 11.3 Å². The number of nitrogens with one attached hydrogen (secondary N) is 2. The molecule has 0 atom stereocenters. The number of fused-ring (bicyclic) bond motifs is 1. The smallest absolute Gasteiger partial charge is 0.328 e. The van der Waals surface area contributed by atoms with Crippen LogP contribution in [0.25, 0.3) is 28.0 Å². The number of hydrogen-bond donors (Lipinski definition) is 2. The van der Waals surface area contributed by atoms with Crippen LogP contribution in [0.15, 0.2) is 89.8 Å². The molecule has 0 saturated heterocycles. The van der Waals surface area contributed by atoms with E-state index >= 15 is 0 Å². The first kappa shape index (κ1) is 27.1. The maximum absolute atomic E-state index is 12.7. The molecule has 0 unspecified atom stereocenters. The molecule has 0 aliphatic heterocycles. The Morgan fingerprint density at radius 3 is 2.23 bits per heavy atom. The number of imidazole rings is 1. The van der Waals surface area contributed by atoms with Crippen LogP contribution in [0, 0.1) is 13.8 Å². The van der Waals surface area contributed by atoms with Gasteiger partial charge in [-0.15, -0.1) is 0 Å². The summed E-state index contributed by atoms with van der Waals surface area (Å²) in [6.07, 6.45) is 1.32. The molecule has 0 radical (unpaired) electrons. The highest BCUT2D eigenvalue weighted by Gasteiger charge is 2.18. The van der Waals surface area contributed by atoms with Gasteiger partial charge in [-0.2, -0.15) is 0 Å². The molecule has 9 heteroatoms. The summed E-state index contributed by atoms with van der Waals surface area (Å²) in [7, 11) is -3.99. The number of rotatable bonds is 8. The van der Waals surface area contributed by atoms with E-state index in [-0.39, 0.29) is 11.4 Å². The number of benzene rings is 3. The molecule has 0 bridgehead atoms. The van der Waals surface area contributed by atoms with Crippen LogP contribution in [-0.4, -0.2) is 35.5 Å². The fourth-order valence-corrected chi connectivity index (χ4v) is 5.65. The zero-order valence-corrected chi connectivity index (χ0v) is 23.5. The molecule has 5 rings (SSSR count). The minimum atomic E-state index is -3.99. The van der Waals surface area contributed by atoms with E-state index < -0.39 is 16.1 Å². The number of hydrogen-bond acceptors (Lipinski definition) is 5. The van der Waals surface area contributed by atoms with Gasteiger partial charge in [0.25, 0.3) is 10.0 Å². The molecule has 2 amide bonds. The molecule has 0 saturated carbocycles. The van der Waals surface area contributed by atoms with Crippen LogP contribution in [0.2, 0.25) is 0 Å². The van der Waals surface area contributed by atoms with E-state index in [1.54, 1.807) is 12.1 Å². The van der Waals surface area contributed by atoms with Crippen LogP contribution < -0.4 is 10.0 Å². The van der Waals surface area contributed by atoms with Gasteiger partial charge in [0.2, 0.25) is 0 Å². The number of pyridine rings is 1. The Kier molecular flexibility index (Phi) is 7.66. The highest BCUT2D eigenvalue weighted by molar-refractivity contribution is 7.90. The number of carbonyl (C=O) groups is 1.